The van der Waals surface area contributed by atoms with E-state index in [1.807, 2.05) is 39.0 Å². The lowest BCUT2D eigenvalue weighted by molar-refractivity contribution is -0.119. The summed E-state index contributed by atoms with van der Waals surface area (Å²) >= 11 is 1.36. The van der Waals surface area contributed by atoms with Gasteiger partial charge in [0.2, 0.25) is 11.0 Å². The second kappa shape index (κ2) is 14.8. The number of aryl methyl sites for hydroxylation is 1. The van der Waals surface area contributed by atoms with Gasteiger partial charge in [0.15, 0.2) is 0 Å². The highest BCUT2D eigenvalue weighted by molar-refractivity contribution is 7.15. The summed E-state index contributed by atoms with van der Waals surface area (Å²) in [5.41, 5.74) is 13.5. The first-order chi connectivity index (χ1) is 14.8. The molecular formula is C21H33N7O2S. The lowest BCUT2D eigenvalue weighted by Crippen LogP contribution is -2.28. The van der Waals surface area contributed by atoms with Crippen molar-refractivity contribution in [2.45, 2.75) is 52.9 Å². The smallest absolute Gasteiger partial charge is 0.321 e. The minimum absolute atomic E-state index is 0.169. The van der Waals surface area contributed by atoms with E-state index in [0.717, 1.165) is 29.8 Å². The van der Waals surface area contributed by atoms with Crippen molar-refractivity contribution in [1.29, 1.82) is 0 Å². The Kier molecular flexibility index (Phi) is 12.3. The summed E-state index contributed by atoms with van der Waals surface area (Å²) in [7, 11) is 0. The van der Waals surface area contributed by atoms with E-state index in [1.165, 1.54) is 11.3 Å². The number of nitrogens with two attached hydrogens (primary N) is 2. The van der Waals surface area contributed by atoms with Crippen LogP contribution < -0.4 is 27.4 Å². The first kappa shape index (κ1) is 25.9. The molecule has 0 aliphatic carbocycles. The average molecular weight is 448 g/mol. The Hall–Kier alpha value is -3.14. The van der Waals surface area contributed by atoms with Crippen molar-refractivity contribution in [3.8, 4) is 0 Å². The maximum Gasteiger partial charge on any atom is 0.321 e. The number of urea groups is 1. The van der Waals surface area contributed by atoms with Gasteiger partial charge in [0.25, 0.3) is 0 Å². The van der Waals surface area contributed by atoms with E-state index in [0.29, 0.717) is 23.8 Å². The number of rotatable bonds is 12. The third kappa shape index (κ3) is 12.2. The summed E-state index contributed by atoms with van der Waals surface area (Å²) in [6, 6.07) is -0.285. The van der Waals surface area contributed by atoms with E-state index in [4.69, 9.17) is 11.5 Å². The molecule has 0 spiro atoms. The zero-order valence-electron chi connectivity index (χ0n) is 18.4. The van der Waals surface area contributed by atoms with Crippen LogP contribution in [0.3, 0.4) is 0 Å². The van der Waals surface area contributed by atoms with Gasteiger partial charge < -0.3 is 22.1 Å². The zero-order valence-corrected chi connectivity index (χ0v) is 19.2. The quantitative estimate of drug-likeness (QED) is 0.246. The fourth-order valence-electron chi connectivity index (χ4n) is 2.41. The number of aromatic nitrogens is 2. The Morgan fingerprint density at radius 2 is 1.90 bits per heavy atom. The minimum atomic E-state index is -0.285. The van der Waals surface area contributed by atoms with Crippen LogP contribution in [-0.4, -0.2) is 28.7 Å². The number of allylic oxidation sites excluding steroid dienone is 6. The molecular weight excluding hydrogens is 414 g/mol. The number of nitrogens with zero attached hydrogens (tertiary/aromatic N) is 2. The molecule has 1 aromatic rings. The largest absolute Gasteiger partial charge is 0.402 e. The molecule has 0 bridgehead atoms. The summed E-state index contributed by atoms with van der Waals surface area (Å²) < 4.78 is 0. The van der Waals surface area contributed by atoms with Crippen LogP contribution in [0.25, 0.3) is 0 Å². The van der Waals surface area contributed by atoms with Gasteiger partial charge in [0.05, 0.1) is 0 Å². The monoisotopic (exact) mass is 447 g/mol. The van der Waals surface area contributed by atoms with Gasteiger partial charge in [-0.05, 0) is 52.2 Å². The molecule has 31 heavy (non-hydrogen) atoms. The summed E-state index contributed by atoms with van der Waals surface area (Å²) in [4.78, 5) is 23.4. The summed E-state index contributed by atoms with van der Waals surface area (Å²) in [5.74, 6) is 0.0878. The molecule has 3 amide bonds. The van der Waals surface area contributed by atoms with Crippen LogP contribution in [0.1, 0.15) is 51.5 Å². The number of anilines is 1. The van der Waals surface area contributed by atoms with E-state index >= 15 is 0 Å². The average Bonchev–Trinajstić information content (AvgIpc) is 3.15. The van der Waals surface area contributed by atoms with Crippen molar-refractivity contribution >= 4 is 28.4 Å². The summed E-state index contributed by atoms with van der Waals surface area (Å²) in [5, 5.41) is 17.3. The molecule has 1 heterocycles. The number of nitrogens with one attached hydrogen (secondary N) is 3. The summed E-state index contributed by atoms with van der Waals surface area (Å²) in [6.45, 7) is 6.20. The maximum atomic E-state index is 11.9. The van der Waals surface area contributed by atoms with Crippen LogP contribution in [0.5, 0.6) is 0 Å². The highest BCUT2D eigenvalue weighted by atomic mass is 32.1. The Bertz CT molecular complexity index is 841. The Labute approximate surface area is 187 Å². The molecule has 170 valence electrons. The molecule has 10 heteroatoms. The highest BCUT2D eigenvalue weighted by Gasteiger charge is 2.07. The van der Waals surface area contributed by atoms with Gasteiger partial charge in [-0.1, -0.05) is 35.1 Å². The molecule has 9 nitrogen and oxygen atoms in total. The second-order valence-corrected chi connectivity index (χ2v) is 7.88. The molecule has 0 aliphatic rings. The first-order valence-electron chi connectivity index (χ1n) is 10.2. The lowest BCUT2D eigenvalue weighted by Gasteiger charge is -2.05. The fourth-order valence-corrected chi connectivity index (χ4v) is 3.19. The highest BCUT2D eigenvalue weighted by Crippen LogP contribution is 2.17. The van der Waals surface area contributed by atoms with Crippen LogP contribution >= 0.6 is 11.3 Å². The second-order valence-electron chi connectivity index (χ2n) is 6.82. The Balaban J connectivity index is 2.34. The molecule has 0 saturated carbocycles. The summed E-state index contributed by atoms with van der Waals surface area (Å²) in [6.07, 6.45) is 12.5. The van der Waals surface area contributed by atoms with Crippen molar-refractivity contribution in [2.75, 3.05) is 11.9 Å². The third-order valence-corrected chi connectivity index (χ3v) is 4.80. The van der Waals surface area contributed by atoms with Gasteiger partial charge in [0, 0.05) is 25.1 Å². The van der Waals surface area contributed by atoms with Crippen molar-refractivity contribution < 1.29 is 9.59 Å². The molecule has 0 atom stereocenters. The maximum absolute atomic E-state index is 11.9. The normalized spacial score (nSPS) is 12.8. The lowest BCUT2D eigenvalue weighted by atomic mass is 10.1. The van der Waals surface area contributed by atoms with E-state index in [-0.39, 0.29) is 24.2 Å². The number of carbonyl (C=O) groups is 2. The molecule has 0 aromatic carbocycles. The van der Waals surface area contributed by atoms with E-state index in [1.54, 1.807) is 12.2 Å². The number of carbonyl (C=O) groups excluding carboxylic acids is 2. The van der Waals surface area contributed by atoms with Crippen LogP contribution in [0.15, 0.2) is 47.5 Å². The standard InChI is InChI=1S/C21H33N7O2S/c1-4-6-9-15(3)14-18(29)25-17(23)13-12-16(22)10-7-8-11-19-27-28-21(31-19)26-20(30)24-5-2/h4,6,9,12-13H,5,7-8,10-11,14,22-23H2,1-3H3,(H,25,29)(H2,24,26,28,30)/b6-4-,15-9+,16-12-,17-13+. The predicted molar refractivity (Wildman–Crippen MR) is 126 cm³/mol. The molecule has 0 saturated heterocycles. The van der Waals surface area contributed by atoms with Crippen LogP contribution in [-0.2, 0) is 11.2 Å². The SMILES string of the molecule is C/C=C\C=C(/C)CC(=O)N/C(N)=C/C=C(\N)CCCCc1nnc(NC(=O)NCC)s1. The topological polar surface area (TPSA) is 148 Å². The molecule has 0 unspecified atom stereocenters. The molecule has 0 aliphatic heterocycles. The van der Waals surface area contributed by atoms with Gasteiger partial charge >= 0.3 is 6.03 Å². The minimum Gasteiger partial charge on any atom is -0.402 e. The first-order valence-corrected chi connectivity index (χ1v) is 11.0. The van der Waals surface area contributed by atoms with E-state index in [9.17, 15) is 9.59 Å². The molecule has 0 fully saturated rings. The predicted octanol–water partition coefficient (Wildman–Crippen LogP) is 3.06. The Morgan fingerprint density at radius 1 is 1.13 bits per heavy atom. The number of unbranched alkanes of at least 4 members (excludes halogenated alkanes) is 1. The van der Waals surface area contributed by atoms with Crippen molar-refractivity contribution in [2.24, 2.45) is 11.5 Å². The van der Waals surface area contributed by atoms with Crippen LogP contribution in [0.2, 0.25) is 0 Å². The van der Waals surface area contributed by atoms with Gasteiger partial charge in [-0.2, -0.15) is 0 Å². The van der Waals surface area contributed by atoms with Crippen LogP contribution in [0, 0.1) is 0 Å². The number of amides is 3. The molecule has 1 aromatic heterocycles. The third-order valence-electron chi connectivity index (χ3n) is 3.90. The molecule has 7 N–H and O–H groups in total. The van der Waals surface area contributed by atoms with Gasteiger partial charge in [0.1, 0.15) is 10.8 Å². The van der Waals surface area contributed by atoms with Gasteiger partial charge in [-0.15, -0.1) is 10.2 Å². The zero-order chi connectivity index (χ0) is 23.1. The van der Waals surface area contributed by atoms with Crippen molar-refractivity contribution in [3.63, 3.8) is 0 Å². The van der Waals surface area contributed by atoms with Crippen molar-refractivity contribution in [1.82, 2.24) is 20.8 Å². The van der Waals surface area contributed by atoms with E-state index < -0.39 is 0 Å². The fraction of sp³-hybridized carbons (Fsp3) is 0.429. The van der Waals surface area contributed by atoms with Crippen molar-refractivity contribution in [3.05, 3.63) is 52.5 Å². The van der Waals surface area contributed by atoms with Gasteiger partial charge in [-0.25, -0.2) is 4.79 Å². The number of hydrogen-bond acceptors (Lipinski definition) is 7. The molecule has 1 rings (SSSR count). The molecule has 0 radical (unpaired) electrons. The number of hydrogen-bond donors (Lipinski definition) is 5. The van der Waals surface area contributed by atoms with E-state index in [2.05, 4.69) is 26.1 Å². The van der Waals surface area contributed by atoms with Gasteiger partial charge in [-0.3, -0.25) is 10.1 Å². The Morgan fingerprint density at radius 3 is 2.61 bits per heavy atom. The van der Waals surface area contributed by atoms with Crippen LogP contribution in [0.4, 0.5) is 9.93 Å².